The van der Waals surface area contributed by atoms with Crippen molar-refractivity contribution in [3.63, 3.8) is 0 Å². The van der Waals surface area contributed by atoms with Crippen molar-refractivity contribution < 1.29 is 0 Å². The molecule has 3 nitrogen and oxygen atoms in total. The summed E-state index contributed by atoms with van der Waals surface area (Å²) >= 11 is 6.55. The van der Waals surface area contributed by atoms with Gasteiger partial charge in [-0.1, -0.05) is 50.1 Å². The van der Waals surface area contributed by atoms with Crippen molar-refractivity contribution in [2.45, 2.75) is 60.3 Å². The summed E-state index contributed by atoms with van der Waals surface area (Å²) in [6, 6.07) is 0. The molecule has 0 aliphatic heterocycles. The summed E-state index contributed by atoms with van der Waals surface area (Å²) in [4.78, 5) is 12.2. The Hall–Kier alpha value is -1.87. The van der Waals surface area contributed by atoms with Gasteiger partial charge in [-0.2, -0.15) is 0 Å². The number of hydrogen-bond acceptors (Lipinski definition) is 2. The van der Waals surface area contributed by atoms with E-state index in [-0.39, 0.29) is 0 Å². The molecule has 25 heavy (non-hydrogen) atoms. The molecule has 1 aromatic heterocycles. The van der Waals surface area contributed by atoms with E-state index >= 15 is 0 Å². The van der Waals surface area contributed by atoms with Gasteiger partial charge >= 0.3 is 0 Å². The highest BCUT2D eigenvalue weighted by molar-refractivity contribution is 6.33. The first kappa shape index (κ1) is 21.2. The zero-order valence-corrected chi connectivity index (χ0v) is 16.9. The number of H-pyrrole nitrogens is 1. The second kappa shape index (κ2) is 10.2. The van der Waals surface area contributed by atoms with E-state index in [9.17, 15) is 0 Å². The summed E-state index contributed by atoms with van der Waals surface area (Å²) < 4.78 is 0. The van der Waals surface area contributed by atoms with Crippen LogP contribution in [0, 0.1) is 0 Å². The second-order valence-electron chi connectivity index (χ2n) is 6.43. The van der Waals surface area contributed by atoms with Gasteiger partial charge in [0.2, 0.25) is 0 Å². The van der Waals surface area contributed by atoms with Gasteiger partial charge in [0.1, 0.15) is 5.82 Å². The Labute approximate surface area is 157 Å². The average Bonchev–Trinajstić information content (AvgIpc) is 2.86. The van der Waals surface area contributed by atoms with E-state index in [1.54, 1.807) is 0 Å². The van der Waals surface area contributed by atoms with Crippen LogP contribution < -0.4 is 0 Å². The molecule has 1 N–H and O–H groups in total. The van der Waals surface area contributed by atoms with E-state index < -0.39 is 0 Å². The van der Waals surface area contributed by atoms with Gasteiger partial charge in [0.15, 0.2) is 0 Å². The van der Waals surface area contributed by atoms with Gasteiger partial charge < -0.3 is 4.98 Å². The van der Waals surface area contributed by atoms with Gasteiger partial charge in [0.25, 0.3) is 0 Å². The standard InChI is InChI=1S/C21H30ClN3/c1-8-10-15(5)19-20(22)18(9-2)25-21(19)24-16(6)13-17(23-7)12-11-14(3)4/h11-12,25H,5,7-10,13H2,1-4,6H3/b17-12-,24-16+. The lowest BCUT2D eigenvalue weighted by atomic mass is 10.0. The van der Waals surface area contributed by atoms with Crippen LogP contribution in [0.2, 0.25) is 5.02 Å². The Morgan fingerprint density at radius 2 is 1.88 bits per heavy atom. The van der Waals surface area contributed by atoms with E-state index in [4.69, 9.17) is 16.6 Å². The molecule has 0 atom stereocenters. The summed E-state index contributed by atoms with van der Waals surface area (Å²) in [6.07, 6.45) is 7.43. The number of nitrogens with zero attached hydrogens (tertiary/aromatic N) is 2. The lowest BCUT2D eigenvalue weighted by Crippen LogP contribution is -1.94. The number of nitrogens with one attached hydrogen (secondary N) is 1. The Bertz CT molecular complexity index is 714. The van der Waals surface area contributed by atoms with E-state index in [2.05, 4.69) is 51.0 Å². The summed E-state index contributed by atoms with van der Waals surface area (Å²) in [5.74, 6) is 0.795. The van der Waals surface area contributed by atoms with Crippen LogP contribution in [0.4, 0.5) is 5.82 Å². The van der Waals surface area contributed by atoms with Crippen LogP contribution in [-0.2, 0) is 6.42 Å². The monoisotopic (exact) mass is 359 g/mol. The van der Waals surface area contributed by atoms with Crippen molar-refractivity contribution in [1.29, 1.82) is 0 Å². The van der Waals surface area contributed by atoms with E-state index in [0.29, 0.717) is 6.42 Å². The van der Waals surface area contributed by atoms with Crippen LogP contribution in [0.25, 0.3) is 5.57 Å². The highest BCUT2D eigenvalue weighted by Gasteiger charge is 2.17. The molecule has 0 amide bonds. The van der Waals surface area contributed by atoms with Gasteiger partial charge in [0, 0.05) is 29.1 Å². The molecule has 136 valence electrons. The van der Waals surface area contributed by atoms with Crippen molar-refractivity contribution >= 4 is 35.4 Å². The van der Waals surface area contributed by atoms with Crippen molar-refractivity contribution in [3.05, 3.63) is 46.3 Å². The maximum absolute atomic E-state index is 6.55. The van der Waals surface area contributed by atoms with Gasteiger partial charge in [-0.25, -0.2) is 4.99 Å². The van der Waals surface area contributed by atoms with Gasteiger partial charge in [0.05, 0.1) is 5.02 Å². The second-order valence-corrected chi connectivity index (χ2v) is 6.81. The summed E-state index contributed by atoms with van der Waals surface area (Å²) in [6.45, 7) is 18.2. The Morgan fingerprint density at radius 1 is 1.20 bits per heavy atom. The Balaban J connectivity index is 3.20. The number of rotatable bonds is 9. The number of aromatic nitrogens is 1. The maximum atomic E-state index is 6.55. The van der Waals surface area contributed by atoms with Gasteiger partial charge in [-0.05, 0) is 52.0 Å². The first-order valence-corrected chi connectivity index (χ1v) is 9.15. The summed E-state index contributed by atoms with van der Waals surface area (Å²) in [5.41, 5.74) is 6.04. The minimum Gasteiger partial charge on any atom is -0.342 e. The average molecular weight is 360 g/mol. The number of hydrogen-bond donors (Lipinski definition) is 1. The third-order valence-electron chi connectivity index (χ3n) is 3.80. The van der Waals surface area contributed by atoms with Crippen LogP contribution in [0.5, 0.6) is 0 Å². The van der Waals surface area contributed by atoms with Crippen LogP contribution >= 0.6 is 11.6 Å². The predicted octanol–water partition coefficient (Wildman–Crippen LogP) is 7.08. The molecule has 0 saturated heterocycles. The molecule has 1 heterocycles. The SMILES string of the molecule is C=N/C(=C\C=C(C)C)C/C(C)=N/c1[nH]c(CC)c(Cl)c1C(=C)CCC. The van der Waals surface area contributed by atoms with Crippen LogP contribution in [0.1, 0.15) is 65.1 Å². The third kappa shape index (κ3) is 6.17. The molecule has 0 bridgehead atoms. The Morgan fingerprint density at radius 3 is 2.40 bits per heavy atom. The molecule has 4 heteroatoms. The molecule has 0 spiro atoms. The van der Waals surface area contributed by atoms with Crippen molar-refractivity contribution in [2.24, 2.45) is 9.98 Å². The largest absolute Gasteiger partial charge is 0.342 e. The molecule has 0 aromatic carbocycles. The first-order valence-electron chi connectivity index (χ1n) is 8.77. The molecule has 0 saturated carbocycles. The van der Waals surface area contributed by atoms with Gasteiger partial charge in [-0.3, -0.25) is 4.99 Å². The van der Waals surface area contributed by atoms with Crippen LogP contribution in [0.15, 0.2) is 40.0 Å². The molecular weight excluding hydrogens is 330 g/mol. The highest BCUT2D eigenvalue weighted by atomic mass is 35.5. The molecule has 0 radical (unpaired) electrons. The zero-order chi connectivity index (χ0) is 19.0. The molecule has 0 aliphatic rings. The van der Waals surface area contributed by atoms with Crippen molar-refractivity contribution in [2.75, 3.05) is 0 Å². The fourth-order valence-electron chi connectivity index (χ4n) is 2.51. The topological polar surface area (TPSA) is 40.5 Å². The third-order valence-corrected chi connectivity index (χ3v) is 4.22. The molecule has 0 aliphatic carbocycles. The number of allylic oxidation sites excluding steroid dienone is 5. The van der Waals surface area contributed by atoms with Crippen molar-refractivity contribution in [3.8, 4) is 0 Å². The zero-order valence-electron chi connectivity index (χ0n) is 16.2. The summed E-state index contributed by atoms with van der Waals surface area (Å²) in [5, 5.41) is 0.745. The van der Waals surface area contributed by atoms with Crippen molar-refractivity contribution in [1.82, 2.24) is 4.98 Å². The molecule has 0 fully saturated rings. The van der Waals surface area contributed by atoms with Crippen LogP contribution in [0.3, 0.4) is 0 Å². The predicted molar refractivity (Wildman–Crippen MR) is 114 cm³/mol. The molecule has 1 aromatic rings. The van der Waals surface area contributed by atoms with E-state index in [1.165, 1.54) is 5.57 Å². The number of aromatic amines is 1. The minimum absolute atomic E-state index is 0.644. The molecule has 1 rings (SSSR count). The molecule has 0 unspecified atom stereocenters. The smallest absolute Gasteiger partial charge is 0.139 e. The lowest BCUT2D eigenvalue weighted by molar-refractivity contribution is 0.975. The Kier molecular flexibility index (Phi) is 8.64. The first-order chi connectivity index (χ1) is 11.8. The lowest BCUT2D eigenvalue weighted by Gasteiger charge is -2.06. The quantitative estimate of drug-likeness (QED) is 0.361. The minimum atomic E-state index is 0.644. The van der Waals surface area contributed by atoms with Crippen LogP contribution in [-0.4, -0.2) is 17.4 Å². The maximum Gasteiger partial charge on any atom is 0.139 e. The fraction of sp³-hybridized carbons (Fsp3) is 0.429. The normalized spacial score (nSPS) is 12.2. The fourth-order valence-corrected chi connectivity index (χ4v) is 2.92. The van der Waals surface area contributed by atoms with Gasteiger partial charge in [-0.15, -0.1) is 0 Å². The highest BCUT2D eigenvalue weighted by Crippen LogP contribution is 2.37. The summed E-state index contributed by atoms with van der Waals surface area (Å²) in [7, 11) is 0. The molecular formula is C21H30ClN3. The van der Waals surface area contributed by atoms with E-state index in [1.807, 2.05) is 19.1 Å². The number of halogens is 1. The number of aliphatic imine (C=N–C) groups is 2. The number of aryl methyl sites for hydroxylation is 1. The van der Waals surface area contributed by atoms with E-state index in [0.717, 1.165) is 58.3 Å².